The van der Waals surface area contributed by atoms with Crippen LogP contribution in [-0.2, 0) is 16.6 Å². The Kier molecular flexibility index (Phi) is 5.80. The van der Waals surface area contributed by atoms with Gasteiger partial charge in [-0.3, -0.25) is 4.90 Å². The first-order valence-corrected chi connectivity index (χ1v) is 11.7. The van der Waals surface area contributed by atoms with E-state index in [0.717, 1.165) is 22.8 Å². The quantitative estimate of drug-likeness (QED) is 0.611. The zero-order chi connectivity index (χ0) is 19.6. The monoisotopic (exact) mass is 433 g/mol. The Labute approximate surface area is 174 Å². The predicted molar refractivity (Wildman–Crippen MR) is 113 cm³/mol. The van der Waals surface area contributed by atoms with Gasteiger partial charge in [0.15, 0.2) is 0 Å². The van der Waals surface area contributed by atoms with Crippen molar-refractivity contribution in [2.24, 2.45) is 0 Å². The van der Waals surface area contributed by atoms with Crippen molar-refractivity contribution in [1.29, 1.82) is 0 Å². The van der Waals surface area contributed by atoms with E-state index in [-0.39, 0.29) is 4.90 Å². The number of thiazole rings is 1. The molecule has 3 aromatic rings. The Morgan fingerprint density at radius 2 is 1.64 bits per heavy atom. The standard InChI is InChI=1S/C20H20ClN3O2S2/c21-17-6-8-19(9-7-17)28(25,26)24-12-10-23(11-13-24)14-18-15-27-20(22-18)16-4-2-1-3-5-16/h1-9,15H,10-14H2. The van der Waals surface area contributed by atoms with Gasteiger partial charge in [0.1, 0.15) is 5.01 Å². The SMILES string of the molecule is O=S(=O)(c1ccc(Cl)cc1)N1CCN(Cc2csc(-c3ccccc3)n2)CC1. The molecule has 2 heterocycles. The normalized spacial score (nSPS) is 16.3. The van der Waals surface area contributed by atoms with Gasteiger partial charge >= 0.3 is 0 Å². The van der Waals surface area contributed by atoms with Crippen LogP contribution >= 0.6 is 22.9 Å². The summed E-state index contributed by atoms with van der Waals surface area (Å²) in [6.45, 7) is 3.05. The Morgan fingerprint density at radius 1 is 0.964 bits per heavy atom. The van der Waals surface area contributed by atoms with E-state index in [4.69, 9.17) is 16.6 Å². The molecular weight excluding hydrogens is 414 g/mol. The van der Waals surface area contributed by atoms with E-state index >= 15 is 0 Å². The number of hydrogen-bond donors (Lipinski definition) is 0. The molecule has 0 spiro atoms. The summed E-state index contributed by atoms with van der Waals surface area (Å²) >= 11 is 7.50. The molecule has 0 amide bonds. The molecule has 8 heteroatoms. The summed E-state index contributed by atoms with van der Waals surface area (Å²) in [5, 5.41) is 3.63. The second-order valence-electron chi connectivity index (χ2n) is 6.64. The van der Waals surface area contributed by atoms with Crippen LogP contribution in [0.2, 0.25) is 5.02 Å². The number of halogens is 1. The van der Waals surface area contributed by atoms with Crippen molar-refractivity contribution < 1.29 is 8.42 Å². The van der Waals surface area contributed by atoms with Gasteiger partial charge in [0.25, 0.3) is 0 Å². The van der Waals surface area contributed by atoms with Gasteiger partial charge < -0.3 is 0 Å². The van der Waals surface area contributed by atoms with Crippen molar-refractivity contribution in [3.05, 3.63) is 70.7 Å². The maximum Gasteiger partial charge on any atom is 0.243 e. The number of rotatable bonds is 5. The molecule has 5 nitrogen and oxygen atoms in total. The zero-order valence-corrected chi connectivity index (χ0v) is 17.6. The Hall–Kier alpha value is -1.77. The third kappa shape index (κ3) is 4.29. The molecule has 1 aliphatic heterocycles. The second-order valence-corrected chi connectivity index (χ2v) is 9.88. The minimum atomic E-state index is -3.47. The van der Waals surface area contributed by atoms with Gasteiger partial charge in [-0.05, 0) is 24.3 Å². The Bertz CT molecular complexity index is 1030. The first kappa shape index (κ1) is 19.5. The summed E-state index contributed by atoms with van der Waals surface area (Å²) in [6.07, 6.45) is 0. The first-order valence-electron chi connectivity index (χ1n) is 9.00. The summed E-state index contributed by atoms with van der Waals surface area (Å²) in [7, 11) is -3.47. The van der Waals surface area contributed by atoms with E-state index in [0.29, 0.717) is 31.2 Å². The summed E-state index contributed by atoms with van der Waals surface area (Å²) in [6, 6.07) is 16.5. The molecular formula is C20H20ClN3O2S2. The third-order valence-corrected chi connectivity index (χ3v) is 7.85. The molecule has 1 fully saturated rings. The van der Waals surface area contributed by atoms with Crippen molar-refractivity contribution in [2.75, 3.05) is 26.2 Å². The van der Waals surface area contributed by atoms with Gasteiger partial charge in [-0.2, -0.15) is 4.31 Å². The lowest BCUT2D eigenvalue weighted by molar-refractivity contribution is 0.180. The Balaban J connectivity index is 1.37. The number of hydrogen-bond acceptors (Lipinski definition) is 5. The van der Waals surface area contributed by atoms with Gasteiger partial charge in [-0.25, -0.2) is 13.4 Å². The van der Waals surface area contributed by atoms with E-state index in [1.165, 1.54) is 0 Å². The van der Waals surface area contributed by atoms with Gasteiger partial charge in [-0.15, -0.1) is 11.3 Å². The number of nitrogens with zero attached hydrogens (tertiary/aromatic N) is 3. The smallest absolute Gasteiger partial charge is 0.243 e. The molecule has 2 aromatic carbocycles. The molecule has 0 unspecified atom stereocenters. The van der Waals surface area contributed by atoms with E-state index in [1.807, 2.05) is 18.2 Å². The highest BCUT2D eigenvalue weighted by Crippen LogP contribution is 2.25. The van der Waals surface area contributed by atoms with Crippen molar-refractivity contribution in [2.45, 2.75) is 11.4 Å². The van der Waals surface area contributed by atoms with Crippen molar-refractivity contribution in [3.63, 3.8) is 0 Å². The number of piperazine rings is 1. The number of sulfonamides is 1. The average Bonchev–Trinajstić information content (AvgIpc) is 3.18. The van der Waals surface area contributed by atoms with Gasteiger partial charge in [-0.1, -0.05) is 41.9 Å². The lowest BCUT2D eigenvalue weighted by Crippen LogP contribution is -2.48. The number of benzene rings is 2. The highest BCUT2D eigenvalue weighted by Gasteiger charge is 2.28. The largest absolute Gasteiger partial charge is 0.295 e. The predicted octanol–water partition coefficient (Wildman–Crippen LogP) is 3.97. The summed E-state index contributed by atoms with van der Waals surface area (Å²) in [4.78, 5) is 7.27. The fourth-order valence-corrected chi connectivity index (χ4v) is 5.57. The molecule has 0 aliphatic carbocycles. The lowest BCUT2D eigenvalue weighted by atomic mass is 10.2. The maximum absolute atomic E-state index is 12.8. The minimum absolute atomic E-state index is 0.289. The molecule has 146 valence electrons. The highest BCUT2D eigenvalue weighted by atomic mass is 35.5. The first-order chi connectivity index (χ1) is 13.5. The topological polar surface area (TPSA) is 53.5 Å². The molecule has 0 N–H and O–H groups in total. The molecule has 1 aliphatic rings. The van der Waals surface area contributed by atoms with Crippen LogP contribution in [0.4, 0.5) is 0 Å². The van der Waals surface area contributed by atoms with Crippen LogP contribution in [0, 0.1) is 0 Å². The second kappa shape index (κ2) is 8.31. The fourth-order valence-electron chi connectivity index (χ4n) is 3.21. The van der Waals surface area contributed by atoms with Crippen LogP contribution in [-0.4, -0.2) is 48.8 Å². The molecule has 0 radical (unpaired) electrons. The van der Waals surface area contributed by atoms with Crippen LogP contribution < -0.4 is 0 Å². The summed E-state index contributed by atoms with van der Waals surface area (Å²) in [5.41, 5.74) is 2.15. The van der Waals surface area contributed by atoms with Crippen LogP contribution in [0.3, 0.4) is 0 Å². The van der Waals surface area contributed by atoms with Crippen LogP contribution in [0.15, 0.2) is 64.9 Å². The molecule has 28 heavy (non-hydrogen) atoms. The van der Waals surface area contributed by atoms with Crippen LogP contribution in [0.5, 0.6) is 0 Å². The van der Waals surface area contributed by atoms with E-state index in [2.05, 4.69) is 22.4 Å². The number of aromatic nitrogens is 1. The van der Waals surface area contributed by atoms with Crippen molar-refractivity contribution in [3.8, 4) is 10.6 Å². The minimum Gasteiger partial charge on any atom is -0.295 e. The summed E-state index contributed by atoms with van der Waals surface area (Å²) in [5.74, 6) is 0. The molecule has 0 saturated carbocycles. The van der Waals surface area contributed by atoms with Crippen molar-refractivity contribution >= 4 is 33.0 Å². The van der Waals surface area contributed by atoms with Crippen LogP contribution in [0.25, 0.3) is 10.6 Å². The van der Waals surface area contributed by atoms with E-state index in [1.54, 1.807) is 39.9 Å². The lowest BCUT2D eigenvalue weighted by Gasteiger charge is -2.33. The Morgan fingerprint density at radius 3 is 2.32 bits per heavy atom. The fraction of sp³-hybridized carbons (Fsp3) is 0.250. The maximum atomic E-state index is 12.8. The molecule has 1 saturated heterocycles. The third-order valence-electron chi connectivity index (χ3n) is 4.74. The van der Waals surface area contributed by atoms with E-state index < -0.39 is 10.0 Å². The molecule has 0 bridgehead atoms. The molecule has 1 aromatic heterocycles. The molecule has 4 rings (SSSR count). The summed E-state index contributed by atoms with van der Waals surface area (Å²) < 4.78 is 27.1. The molecule has 0 atom stereocenters. The van der Waals surface area contributed by atoms with Gasteiger partial charge in [0, 0.05) is 48.7 Å². The highest BCUT2D eigenvalue weighted by molar-refractivity contribution is 7.89. The van der Waals surface area contributed by atoms with Gasteiger partial charge in [0.2, 0.25) is 10.0 Å². The van der Waals surface area contributed by atoms with Crippen molar-refractivity contribution in [1.82, 2.24) is 14.2 Å². The van der Waals surface area contributed by atoms with E-state index in [9.17, 15) is 8.42 Å². The van der Waals surface area contributed by atoms with Gasteiger partial charge in [0.05, 0.1) is 10.6 Å². The zero-order valence-electron chi connectivity index (χ0n) is 15.2. The average molecular weight is 434 g/mol. The van der Waals surface area contributed by atoms with Crippen LogP contribution in [0.1, 0.15) is 5.69 Å².